The minimum atomic E-state index is -0.789. The summed E-state index contributed by atoms with van der Waals surface area (Å²) in [6.07, 6.45) is 1.66. The van der Waals surface area contributed by atoms with E-state index >= 15 is 0 Å². The highest BCUT2D eigenvalue weighted by Gasteiger charge is 2.12. The molecule has 0 saturated carbocycles. The van der Waals surface area contributed by atoms with Gasteiger partial charge in [-0.3, -0.25) is 4.79 Å². The minimum absolute atomic E-state index is 0.383. The molecule has 0 bridgehead atoms. The van der Waals surface area contributed by atoms with Crippen molar-refractivity contribution >= 4 is 29.9 Å². The van der Waals surface area contributed by atoms with Crippen LogP contribution in [-0.4, -0.2) is 22.6 Å². The third kappa shape index (κ3) is 3.72. The lowest BCUT2D eigenvalue weighted by atomic mass is 10.5. The zero-order valence-corrected chi connectivity index (χ0v) is 6.84. The minimum Gasteiger partial charge on any atom is -0.273 e. The molecule has 0 N–H and O–H groups in total. The first-order valence-electron chi connectivity index (χ1n) is 2.91. The lowest BCUT2D eigenvalue weighted by Crippen LogP contribution is -2.22. The summed E-state index contributed by atoms with van der Waals surface area (Å²) in [6, 6.07) is -0.789. The molecule has 61 valence electrons. The number of hydrogen-bond donors (Lipinski definition) is 0. The SMILES string of the molecule is [CH2]CC=NC(=O)N(Cl)C(C)=O. The van der Waals surface area contributed by atoms with E-state index in [1.165, 1.54) is 13.1 Å². The number of carbonyl (C=O) groups is 2. The number of nitrogens with zero attached hydrogens (tertiary/aromatic N) is 2. The number of amides is 3. The summed E-state index contributed by atoms with van der Waals surface area (Å²) in [7, 11) is 0. The van der Waals surface area contributed by atoms with Crippen LogP contribution in [-0.2, 0) is 4.79 Å². The van der Waals surface area contributed by atoms with Gasteiger partial charge in [-0.25, -0.2) is 9.79 Å². The second kappa shape index (κ2) is 4.85. The van der Waals surface area contributed by atoms with Crippen LogP contribution < -0.4 is 0 Å². The van der Waals surface area contributed by atoms with Crippen LogP contribution in [0.5, 0.6) is 0 Å². The second-order valence-electron chi connectivity index (χ2n) is 1.68. The zero-order valence-electron chi connectivity index (χ0n) is 6.08. The van der Waals surface area contributed by atoms with Gasteiger partial charge < -0.3 is 0 Å². The van der Waals surface area contributed by atoms with E-state index in [1.807, 2.05) is 0 Å². The fraction of sp³-hybridized carbons (Fsp3) is 0.333. The third-order valence-electron chi connectivity index (χ3n) is 0.775. The van der Waals surface area contributed by atoms with Gasteiger partial charge >= 0.3 is 6.03 Å². The van der Waals surface area contributed by atoms with Gasteiger partial charge in [-0.15, -0.1) is 0 Å². The number of carbonyl (C=O) groups excluding carboxylic acids is 2. The molecule has 0 aromatic heterocycles. The van der Waals surface area contributed by atoms with Gasteiger partial charge in [0.15, 0.2) is 0 Å². The van der Waals surface area contributed by atoms with E-state index in [4.69, 9.17) is 11.8 Å². The van der Waals surface area contributed by atoms with Crippen molar-refractivity contribution < 1.29 is 9.59 Å². The average Bonchev–Trinajstić information content (AvgIpc) is 1.98. The molecule has 0 unspecified atom stereocenters. The third-order valence-corrected chi connectivity index (χ3v) is 1.16. The van der Waals surface area contributed by atoms with Crippen molar-refractivity contribution in [1.29, 1.82) is 0 Å². The van der Waals surface area contributed by atoms with Gasteiger partial charge in [-0.05, 0) is 13.3 Å². The van der Waals surface area contributed by atoms with Crippen LogP contribution in [0.1, 0.15) is 13.3 Å². The molecule has 0 aromatic rings. The Morgan fingerprint density at radius 2 is 2.27 bits per heavy atom. The van der Waals surface area contributed by atoms with Crippen LogP contribution >= 0.6 is 11.8 Å². The highest BCUT2D eigenvalue weighted by molar-refractivity contribution is 6.29. The quantitative estimate of drug-likeness (QED) is 0.447. The van der Waals surface area contributed by atoms with Gasteiger partial charge in [0.1, 0.15) is 0 Å². The van der Waals surface area contributed by atoms with E-state index in [2.05, 4.69) is 11.9 Å². The van der Waals surface area contributed by atoms with Crippen LogP contribution in [0.2, 0.25) is 0 Å². The van der Waals surface area contributed by atoms with Gasteiger partial charge in [0, 0.05) is 24.9 Å². The Bertz CT molecular complexity index is 191. The van der Waals surface area contributed by atoms with Crippen molar-refractivity contribution in [3.05, 3.63) is 6.92 Å². The monoisotopic (exact) mass is 175 g/mol. The molecule has 0 saturated heterocycles. The molecule has 4 nitrogen and oxygen atoms in total. The van der Waals surface area contributed by atoms with E-state index < -0.39 is 11.9 Å². The maximum atomic E-state index is 10.7. The molecule has 5 heteroatoms. The van der Waals surface area contributed by atoms with Crippen molar-refractivity contribution in [2.45, 2.75) is 13.3 Å². The van der Waals surface area contributed by atoms with Crippen molar-refractivity contribution in [3.63, 3.8) is 0 Å². The van der Waals surface area contributed by atoms with Gasteiger partial charge in [-0.2, -0.15) is 4.42 Å². The van der Waals surface area contributed by atoms with Gasteiger partial charge in [0.05, 0.1) is 0 Å². The Kier molecular flexibility index (Phi) is 4.45. The van der Waals surface area contributed by atoms with Crippen LogP contribution in [0.25, 0.3) is 0 Å². The molecule has 0 aliphatic carbocycles. The first-order valence-corrected chi connectivity index (χ1v) is 3.25. The van der Waals surface area contributed by atoms with E-state index in [1.54, 1.807) is 0 Å². The molecule has 0 atom stereocenters. The van der Waals surface area contributed by atoms with Gasteiger partial charge in [0.25, 0.3) is 0 Å². The number of rotatable bonds is 1. The van der Waals surface area contributed by atoms with Crippen molar-refractivity contribution in [2.75, 3.05) is 0 Å². The molecule has 11 heavy (non-hydrogen) atoms. The van der Waals surface area contributed by atoms with E-state index in [9.17, 15) is 9.59 Å². The van der Waals surface area contributed by atoms with Crippen LogP contribution in [0.3, 0.4) is 0 Å². The average molecular weight is 176 g/mol. The predicted molar refractivity (Wildman–Crippen MR) is 42.2 cm³/mol. The summed E-state index contributed by atoms with van der Waals surface area (Å²) < 4.78 is 0.409. The van der Waals surface area contributed by atoms with Gasteiger partial charge in [0.2, 0.25) is 5.91 Å². The van der Waals surface area contributed by atoms with E-state index in [0.717, 1.165) is 0 Å². The van der Waals surface area contributed by atoms with E-state index in [0.29, 0.717) is 10.8 Å². The molecule has 0 aromatic carbocycles. The predicted octanol–water partition coefficient (Wildman–Crippen LogP) is 1.40. The van der Waals surface area contributed by atoms with Crippen LogP contribution in [0, 0.1) is 6.92 Å². The summed E-state index contributed by atoms with van der Waals surface area (Å²) in [5.41, 5.74) is 0. The van der Waals surface area contributed by atoms with E-state index in [-0.39, 0.29) is 0 Å². The largest absolute Gasteiger partial charge is 0.364 e. The Morgan fingerprint density at radius 3 is 2.64 bits per heavy atom. The normalized spacial score (nSPS) is 10.1. The zero-order chi connectivity index (χ0) is 8.85. The highest BCUT2D eigenvalue weighted by Crippen LogP contribution is 1.97. The number of halogens is 1. The molecule has 3 amide bonds. The molecule has 0 spiro atoms. The summed E-state index contributed by atoms with van der Waals surface area (Å²) in [5, 5.41) is 0. The molecule has 0 aliphatic rings. The first kappa shape index (κ1) is 10.1. The van der Waals surface area contributed by atoms with Crippen molar-refractivity contribution in [3.8, 4) is 0 Å². The maximum Gasteiger partial charge on any atom is 0.364 e. The summed E-state index contributed by atoms with van der Waals surface area (Å²) in [6.45, 7) is 4.59. The number of hydrogen-bond acceptors (Lipinski definition) is 2. The molecule has 0 fully saturated rings. The molecule has 0 heterocycles. The summed E-state index contributed by atoms with van der Waals surface area (Å²) >= 11 is 5.20. The summed E-state index contributed by atoms with van der Waals surface area (Å²) in [4.78, 5) is 24.4. The number of urea groups is 1. The first-order chi connectivity index (χ1) is 5.09. The second-order valence-corrected chi connectivity index (χ2v) is 2.02. The van der Waals surface area contributed by atoms with Crippen molar-refractivity contribution in [1.82, 2.24) is 4.42 Å². The number of aliphatic imine (C=N–C) groups is 1. The van der Waals surface area contributed by atoms with Crippen LogP contribution in [0.15, 0.2) is 4.99 Å². The van der Waals surface area contributed by atoms with Crippen molar-refractivity contribution in [2.24, 2.45) is 4.99 Å². The lowest BCUT2D eigenvalue weighted by molar-refractivity contribution is -0.122. The standard InChI is InChI=1S/C6H8ClN2O2/c1-3-4-8-6(11)9(7)5(2)10/h4H,1,3H2,2H3. The Balaban J connectivity index is 4.03. The smallest absolute Gasteiger partial charge is 0.273 e. The molecule has 0 rings (SSSR count). The lowest BCUT2D eigenvalue weighted by Gasteiger charge is -2.03. The van der Waals surface area contributed by atoms with Crippen LogP contribution in [0.4, 0.5) is 4.79 Å². The molecule has 1 radical (unpaired) electrons. The highest BCUT2D eigenvalue weighted by atomic mass is 35.5. The fourth-order valence-corrected chi connectivity index (χ4v) is 0.372. The Hall–Kier alpha value is -0.900. The fourth-order valence-electron chi connectivity index (χ4n) is 0.328. The molecular formula is C6H8ClN2O2. The Labute approximate surface area is 70.0 Å². The Morgan fingerprint density at radius 1 is 1.73 bits per heavy atom. The summed E-state index contributed by atoms with van der Waals surface area (Å²) in [5.74, 6) is -0.558. The maximum absolute atomic E-state index is 10.7. The topological polar surface area (TPSA) is 49.7 Å². The number of imide groups is 1. The van der Waals surface area contributed by atoms with Gasteiger partial charge in [-0.1, -0.05) is 0 Å². The molecule has 0 aliphatic heterocycles. The molecular weight excluding hydrogens is 168 g/mol.